The average molecular weight is 250 g/mol. The highest BCUT2D eigenvalue weighted by atomic mass is 16.3. The molecule has 2 heterocycles. The molecule has 18 heavy (non-hydrogen) atoms. The Morgan fingerprint density at radius 2 is 2.28 bits per heavy atom. The van der Waals surface area contributed by atoms with Gasteiger partial charge in [0.1, 0.15) is 0 Å². The second kappa shape index (κ2) is 5.57. The molecule has 4 heteroatoms. The number of aromatic hydroxyl groups is 1. The molecule has 1 aliphatic heterocycles. The minimum absolute atomic E-state index is 0.115. The number of aryl methyl sites for hydroxylation is 1. The van der Waals surface area contributed by atoms with Gasteiger partial charge in [-0.1, -0.05) is 6.92 Å². The topological polar surface area (TPSA) is 45.5 Å². The van der Waals surface area contributed by atoms with Crippen molar-refractivity contribution in [2.75, 3.05) is 13.1 Å². The molecule has 0 spiro atoms. The van der Waals surface area contributed by atoms with E-state index in [1.54, 1.807) is 13.1 Å². The Hall–Kier alpha value is -1.29. The lowest BCUT2D eigenvalue weighted by molar-refractivity contribution is 0.247. The van der Waals surface area contributed by atoms with Gasteiger partial charge in [-0.2, -0.15) is 0 Å². The van der Waals surface area contributed by atoms with Crippen molar-refractivity contribution in [3.05, 3.63) is 28.2 Å². The second-order valence-electron chi connectivity index (χ2n) is 5.02. The number of pyridine rings is 1. The second-order valence-corrected chi connectivity index (χ2v) is 5.02. The lowest BCUT2D eigenvalue weighted by Crippen LogP contribution is -2.30. The van der Waals surface area contributed by atoms with E-state index < -0.39 is 0 Å². The van der Waals surface area contributed by atoms with E-state index in [4.69, 9.17) is 0 Å². The van der Waals surface area contributed by atoms with Crippen LogP contribution in [0.5, 0.6) is 5.75 Å². The third kappa shape index (κ3) is 2.58. The van der Waals surface area contributed by atoms with Gasteiger partial charge in [0.25, 0.3) is 0 Å². The highest BCUT2D eigenvalue weighted by Crippen LogP contribution is 2.20. The van der Waals surface area contributed by atoms with E-state index in [0.29, 0.717) is 11.7 Å². The summed E-state index contributed by atoms with van der Waals surface area (Å²) in [5.41, 5.74) is 0.378. The molecule has 0 aromatic carbocycles. The molecule has 0 aliphatic carbocycles. The van der Waals surface area contributed by atoms with Crippen LogP contribution in [0.15, 0.2) is 17.1 Å². The van der Waals surface area contributed by atoms with Crippen molar-refractivity contribution in [1.29, 1.82) is 0 Å². The van der Waals surface area contributed by atoms with Crippen LogP contribution in [-0.4, -0.2) is 33.7 Å². The fraction of sp³-hybridized carbons (Fsp3) is 0.643. The fourth-order valence-electron chi connectivity index (χ4n) is 2.83. The molecule has 2 rings (SSSR count). The van der Waals surface area contributed by atoms with Crippen LogP contribution in [0.2, 0.25) is 0 Å². The molecule has 1 fully saturated rings. The highest BCUT2D eigenvalue weighted by Gasteiger charge is 2.22. The normalized spacial score (nSPS) is 20.4. The van der Waals surface area contributed by atoms with Crippen LogP contribution in [0.25, 0.3) is 0 Å². The molecule has 0 radical (unpaired) electrons. The van der Waals surface area contributed by atoms with Crippen molar-refractivity contribution in [3.63, 3.8) is 0 Å². The molecule has 1 N–H and O–H groups in total. The van der Waals surface area contributed by atoms with Crippen LogP contribution in [0.1, 0.15) is 31.9 Å². The zero-order valence-corrected chi connectivity index (χ0v) is 11.2. The Balaban J connectivity index is 2.02. The Labute approximate surface area is 108 Å². The molecule has 1 atom stereocenters. The van der Waals surface area contributed by atoms with Gasteiger partial charge in [0.2, 0.25) is 5.43 Å². The first-order chi connectivity index (χ1) is 8.63. The summed E-state index contributed by atoms with van der Waals surface area (Å²) in [5, 5.41) is 9.63. The van der Waals surface area contributed by atoms with E-state index in [2.05, 4.69) is 11.8 Å². The maximum Gasteiger partial charge on any atom is 0.223 e. The first-order valence-electron chi connectivity index (χ1n) is 6.76. The molecule has 4 nitrogen and oxygen atoms in total. The van der Waals surface area contributed by atoms with Gasteiger partial charge < -0.3 is 14.6 Å². The van der Waals surface area contributed by atoms with Gasteiger partial charge in [-0.3, -0.25) is 4.79 Å². The third-order valence-electron chi connectivity index (χ3n) is 4.02. The average Bonchev–Trinajstić information content (AvgIpc) is 2.82. The summed E-state index contributed by atoms with van der Waals surface area (Å²) in [4.78, 5) is 13.8. The Kier molecular flexibility index (Phi) is 4.07. The molecule has 0 bridgehead atoms. The van der Waals surface area contributed by atoms with Crippen LogP contribution >= 0.6 is 0 Å². The molecule has 1 aromatic rings. The first-order valence-corrected chi connectivity index (χ1v) is 6.76. The summed E-state index contributed by atoms with van der Waals surface area (Å²) in [5.74, 6) is -0.115. The van der Waals surface area contributed by atoms with Crippen molar-refractivity contribution in [1.82, 2.24) is 9.47 Å². The predicted molar refractivity (Wildman–Crippen MR) is 72.0 cm³/mol. The van der Waals surface area contributed by atoms with Crippen LogP contribution in [0, 0.1) is 6.92 Å². The lowest BCUT2D eigenvalue weighted by Gasteiger charge is -2.23. The molecule has 0 saturated carbocycles. The SMILES string of the molecule is CCN1CCCC1CCn1ccc(=O)c(O)c1C. The molecule has 1 saturated heterocycles. The van der Waals surface area contributed by atoms with Gasteiger partial charge in [-0.05, 0) is 39.3 Å². The van der Waals surface area contributed by atoms with Crippen molar-refractivity contribution in [2.45, 2.75) is 45.7 Å². The minimum atomic E-state index is -0.292. The Morgan fingerprint density at radius 1 is 1.50 bits per heavy atom. The van der Waals surface area contributed by atoms with Crippen molar-refractivity contribution >= 4 is 0 Å². The monoisotopic (exact) mass is 250 g/mol. The zero-order chi connectivity index (χ0) is 13.1. The van der Waals surface area contributed by atoms with Gasteiger partial charge in [0, 0.05) is 24.8 Å². The Morgan fingerprint density at radius 3 is 3.00 bits per heavy atom. The molecule has 100 valence electrons. The van der Waals surface area contributed by atoms with Crippen molar-refractivity contribution < 1.29 is 5.11 Å². The van der Waals surface area contributed by atoms with E-state index in [-0.39, 0.29) is 11.2 Å². The number of hydrogen-bond donors (Lipinski definition) is 1. The number of aromatic nitrogens is 1. The predicted octanol–water partition coefficient (Wildman–Crippen LogP) is 1.74. The van der Waals surface area contributed by atoms with Gasteiger partial charge in [-0.25, -0.2) is 0 Å². The van der Waals surface area contributed by atoms with E-state index in [1.807, 2.05) is 4.57 Å². The van der Waals surface area contributed by atoms with Crippen molar-refractivity contribution in [3.8, 4) is 5.75 Å². The van der Waals surface area contributed by atoms with E-state index in [0.717, 1.165) is 19.5 Å². The molecule has 0 amide bonds. The number of rotatable bonds is 4. The number of likely N-dealkylation sites (tertiary alicyclic amines) is 1. The maximum atomic E-state index is 11.3. The highest BCUT2D eigenvalue weighted by molar-refractivity contribution is 5.25. The summed E-state index contributed by atoms with van der Waals surface area (Å²) in [6.07, 6.45) is 5.41. The largest absolute Gasteiger partial charge is 0.503 e. The summed E-state index contributed by atoms with van der Waals surface area (Å²) in [6.45, 7) is 7.17. The molecular weight excluding hydrogens is 228 g/mol. The number of nitrogens with zero attached hydrogens (tertiary/aromatic N) is 2. The van der Waals surface area contributed by atoms with Crippen LogP contribution in [0.4, 0.5) is 0 Å². The van der Waals surface area contributed by atoms with Gasteiger partial charge >= 0.3 is 0 Å². The summed E-state index contributed by atoms with van der Waals surface area (Å²) < 4.78 is 1.98. The summed E-state index contributed by atoms with van der Waals surface area (Å²) in [7, 11) is 0. The zero-order valence-electron chi connectivity index (χ0n) is 11.2. The summed E-state index contributed by atoms with van der Waals surface area (Å²) in [6, 6.07) is 2.09. The standard InChI is InChI=1S/C14H22N2O2/c1-3-15-8-4-5-12(15)6-9-16-10-7-13(17)14(18)11(16)2/h7,10,12,18H,3-6,8-9H2,1-2H3. The molecular formula is C14H22N2O2. The molecule has 1 unspecified atom stereocenters. The molecule has 1 aromatic heterocycles. The van der Waals surface area contributed by atoms with Crippen molar-refractivity contribution in [2.24, 2.45) is 0 Å². The van der Waals surface area contributed by atoms with E-state index in [1.165, 1.54) is 25.5 Å². The lowest BCUT2D eigenvalue weighted by atomic mass is 10.1. The Bertz CT molecular complexity index is 467. The van der Waals surface area contributed by atoms with Gasteiger partial charge in [0.05, 0.1) is 5.69 Å². The smallest absolute Gasteiger partial charge is 0.223 e. The third-order valence-corrected chi connectivity index (χ3v) is 4.02. The van der Waals surface area contributed by atoms with E-state index >= 15 is 0 Å². The van der Waals surface area contributed by atoms with Crippen LogP contribution in [0.3, 0.4) is 0 Å². The van der Waals surface area contributed by atoms with Gasteiger partial charge in [0.15, 0.2) is 5.75 Å². The van der Waals surface area contributed by atoms with Gasteiger partial charge in [-0.15, -0.1) is 0 Å². The number of hydrogen-bond acceptors (Lipinski definition) is 3. The first kappa shape index (κ1) is 13.1. The van der Waals surface area contributed by atoms with Crippen LogP contribution in [-0.2, 0) is 6.54 Å². The van der Waals surface area contributed by atoms with Crippen LogP contribution < -0.4 is 5.43 Å². The fourth-order valence-corrected chi connectivity index (χ4v) is 2.83. The van der Waals surface area contributed by atoms with E-state index in [9.17, 15) is 9.90 Å². The quantitative estimate of drug-likeness (QED) is 0.885. The summed E-state index contributed by atoms with van der Waals surface area (Å²) >= 11 is 0. The minimum Gasteiger partial charge on any atom is -0.503 e. The maximum absolute atomic E-state index is 11.3. The molecule has 1 aliphatic rings.